The minimum absolute atomic E-state index is 0.0652. The van der Waals surface area contributed by atoms with Crippen LogP contribution in [0.2, 0.25) is 0 Å². The molecule has 0 radical (unpaired) electrons. The van der Waals surface area contributed by atoms with Crippen LogP contribution in [0.25, 0.3) is 0 Å². The molecule has 1 aromatic rings. The average molecular weight is 331 g/mol. The van der Waals surface area contributed by atoms with E-state index in [0.717, 1.165) is 24.3 Å². The molecule has 1 atom stereocenters. The number of carbonyl (C=O) groups excluding carboxylic acids is 2. The van der Waals surface area contributed by atoms with Crippen molar-refractivity contribution in [2.45, 2.75) is 18.9 Å². The predicted molar refractivity (Wildman–Crippen MR) is 85.6 cm³/mol. The van der Waals surface area contributed by atoms with Crippen molar-refractivity contribution in [2.75, 3.05) is 19.6 Å². The zero-order valence-electron chi connectivity index (χ0n) is 12.9. The minimum atomic E-state index is -0.770. The molecule has 1 fully saturated rings. The maximum absolute atomic E-state index is 12.2. The number of nitrogens with zero attached hydrogens (tertiary/aromatic N) is 2. The van der Waals surface area contributed by atoms with Gasteiger partial charge in [0.15, 0.2) is 5.78 Å². The van der Waals surface area contributed by atoms with E-state index in [1.807, 2.05) is 0 Å². The molecule has 8 nitrogen and oxygen atoms in total. The van der Waals surface area contributed by atoms with E-state index in [4.69, 9.17) is 11.2 Å². The van der Waals surface area contributed by atoms with Crippen LogP contribution >= 0.6 is 0 Å². The van der Waals surface area contributed by atoms with Gasteiger partial charge >= 0.3 is 6.09 Å². The number of carbonyl (C=O) groups is 2. The lowest BCUT2D eigenvalue weighted by molar-refractivity contribution is -0.384. The summed E-state index contributed by atoms with van der Waals surface area (Å²) in [5.41, 5.74) is -0.113. The number of hydrogen-bond acceptors (Lipinski definition) is 6. The van der Waals surface area contributed by atoms with E-state index in [2.05, 4.69) is 11.2 Å². The van der Waals surface area contributed by atoms with Crippen LogP contribution < -0.4 is 10.1 Å². The molecule has 1 heterocycles. The van der Waals surface area contributed by atoms with Crippen molar-refractivity contribution in [3.05, 3.63) is 34.4 Å². The molecule has 24 heavy (non-hydrogen) atoms. The van der Waals surface area contributed by atoms with E-state index in [1.54, 1.807) is 0 Å². The fraction of sp³-hybridized carbons (Fsp3) is 0.375. The molecule has 0 saturated carbocycles. The van der Waals surface area contributed by atoms with Crippen molar-refractivity contribution in [1.29, 1.82) is 0 Å². The van der Waals surface area contributed by atoms with Gasteiger partial charge in [0.2, 0.25) is 0 Å². The first-order valence-electron chi connectivity index (χ1n) is 7.42. The monoisotopic (exact) mass is 331 g/mol. The quantitative estimate of drug-likeness (QED) is 0.479. The van der Waals surface area contributed by atoms with Crippen molar-refractivity contribution in [3.8, 4) is 18.1 Å². The standard InChI is InChI=1S/C16H17N3O5/c1-2-10-18(11-15(20)14-4-3-9-17-14)16(21)24-13-7-5-12(6-8-13)19(22)23/h1,5-8,14,17H,3-4,9-11H2/t14-/m0/s1. The lowest BCUT2D eigenvalue weighted by Crippen LogP contribution is -2.43. The summed E-state index contributed by atoms with van der Waals surface area (Å²) in [6.07, 6.45) is 6.12. The highest BCUT2D eigenvalue weighted by Crippen LogP contribution is 2.18. The summed E-state index contributed by atoms with van der Waals surface area (Å²) >= 11 is 0. The fourth-order valence-corrected chi connectivity index (χ4v) is 2.35. The molecule has 0 spiro atoms. The Kier molecular flexibility index (Phi) is 5.87. The highest BCUT2D eigenvalue weighted by molar-refractivity contribution is 5.89. The Morgan fingerprint density at radius 3 is 2.67 bits per heavy atom. The molecule has 2 rings (SSSR count). The van der Waals surface area contributed by atoms with Crippen LogP contribution in [0.15, 0.2) is 24.3 Å². The number of nitro benzene ring substituents is 1. The topological polar surface area (TPSA) is 102 Å². The Morgan fingerprint density at radius 2 is 2.12 bits per heavy atom. The molecule has 1 saturated heterocycles. The van der Waals surface area contributed by atoms with E-state index in [-0.39, 0.29) is 36.4 Å². The summed E-state index contributed by atoms with van der Waals surface area (Å²) in [5.74, 6) is 2.33. The summed E-state index contributed by atoms with van der Waals surface area (Å²) < 4.78 is 5.12. The van der Waals surface area contributed by atoms with E-state index in [9.17, 15) is 19.7 Å². The third kappa shape index (κ3) is 4.54. The van der Waals surface area contributed by atoms with Crippen molar-refractivity contribution in [2.24, 2.45) is 0 Å². The van der Waals surface area contributed by atoms with Gasteiger partial charge in [-0.15, -0.1) is 6.42 Å². The average Bonchev–Trinajstić information content (AvgIpc) is 3.09. The lowest BCUT2D eigenvalue weighted by atomic mass is 10.1. The molecule has 0 aromatic heterocycles. The summed E-state index contributed by atoms with van der Waals surface area (Å²) in [4.78, 5) is 35.5. The van der Waals surface area contributed by atoms with Crippen LogP contribution in [-0.2, 0) is 4.79 Å². The highest BCUT2D eigenvalue weighted by Gasteiger charge is 2.26. The molecule has 1 aliphatic heterocycles. The number of ketones is 1. The summed E-state index contributed by atoms with van der Waals surface area (Å²) in [7, 11) is 0. The smallest absolute Gasteiger partial charge is 0.410 e. The van der Waals surface area contributed by atoms with Crippen LogP contribution in [0.5, 0.6) is 5.75 Å². The van der Waals surface area contributed by atoms with Gasteiger partial charge in [0.25, 0.3) is 5.69 Å². The number of amides is 1. The molecule has 8 heteroatoms. The molecule has 1 aliphatic rings. The molecule has 1 aromatic carbocycles. The van der Waals surface area contributed by atoms with Crippen LogP contribution in [0.1, 0.15) is 12.8 Å². The van der Waals surface area contributed by atoms with Gasteiger partial charge in [0.1, 0.15) is 5.75 Å². The normalized spacial score (nSPS) is 16.2. The van der Waals surface area contributed by atoms with Crippen molar-refractivity contribution in [3.63, 3.8) is 0 Å². The maximum atomic E-state index is 12.2. The number of hydrogen-bond donors (Lipinski definition) is 1. The van der Waals surface area contributed by atoms with Crippen LogP contribution in [-0.4, -0.2) is 47.4 Å². The number of rotatable bonds is 6. The number of nitro groups is 1. The van der Waals surface area contributed by atoms with Gasteiger partial charge in [-0.05, 0) is 31.5 Å². The van der Waals surface area contributed by atoms with Gasteiger partial charge in [-0.1, -0.05) is 5.92 Å². The summed E-state index contributed by atoms with van der Waals surface area (Å²) in [6.45, 7) is 0.566. The van der Waals surface area contributed by atoms with E-state index >= 15 is 0 Å². The first kappa shape index (κ1) is 17.4. The summed E-state index contributed by atoms with van der Waals surface area (Å²) in [6, 6.07) is 4.80. The first-order valence-corrected chi connectivity index (χ1v) is 7.42. The number of benzene rings is 1. The molecule has 1 amide bonds. The predicted octanol–water partition coefficient (Wildman–Crippen LogP) is 1.35. The van der Waals surface area contributed by atoms with E-state index < -0.39 is 11.0 Å². The van der Waals surface area contributed by atoms with Gasteiger partial charge in [-0.2, -0.15) is 0 Å². The largest absolute Gasteiger partial charge is 0.416 e. The van der Waals surface area contributed by atoms with Gasteiger partial charge < -0.3 is 10.1 Å². The number of nitrogens with one attached hydrogen (secondary N) is 1. The van der Waals surface area contributed by atoms with Crippen molar-refractivity contribution >= 4 is 17.6 Å². The molecular formula is C16H17N3O5. The number of ether oxygens (including phenoxy) is 1. The van der Waals surface area contributed by atoms with Crippen LogP contribution in [0.3, 0.4) is 0 Å². The third-order valence-electron chi connectivity index (χ3n) is 3.59. The lowest BCUT2D eigenvalue weighted by Gasteiger charge is -2.20. The minimum Gasteiger partial charge on any atom is -0.410 e. The van der Waals surface area contributed by atoms with Crippen LogP contribution in [0, 0.1) is 22.5 Å². The Labute approximate surface area is 138 Å². The van der Waals surface area contributed by atoms with Gasteiger partial charge in [-0.3, -0.25) is 19.8 Å². The van der Waals surface area contributed by atoms with E-state index in [0.29, 0.717) is 0 Å². The SMILES string of the molecule is C#CCN(CC(=O)[C@@H]1CCCN1)C(=O)Oc1ccc([N+](=O)[O-])cc1. The van der Waals surface area contributed by atoms with Gasteiger partial charge in [0.05, 0.1) is 24.1 Å². The molecule has 1 N–H and O–H groups in total. The third-order valence-corrected chi connectivity index (χ3v) is 3.59. The second-order valence-corrected chi connectivity index (χ2v) is 5.29. The second kappa shape index (κ2) is 8.08. The number of Topliss-reactive ketones (excluding diaryl/α,β-unsaturated/α-hetero) is 1. The molecular weight excluding hydrogens is 314 g/mol. The Hall–Kier alpha value is -2.92. The Bertz CT molecular complexity index is 659. The number of non-ortho nitro benzene ring substituents is 1. The second-order valence-electron chi connectivity index (χ2n) is 5.29. The fourth-order valence-electron chi connectivity index (χ4n) is 2.35. The maximum Gasteiger partial charge on any atom is 0.416 e. The Balaban J connectivity index is 1.98. The first-order chi connectivity index (χ1) is 11.5. The zero-order chi connectivity index (χ0) is 17.5. The van der Waals surface area contributed by atoms with Gasteiger partial charge in [-0.25, -0.2) is 4.79 Å². The van der Waals surface area contributed by atoms with Gasteiger partial charge in [0, 0.05) is 12.1 Å². The van der Waals surface area contributed by atoms with Crippen molar-refractivity contribution < 1.29 is 19.2 Å². The molecule has 0 unspecified atom stereocenters. The zero-order valence-corrected chi connectivity index (χ0v) is 12.9. The Morgan fingerprint density at radius 1 is 1.42 bits per heavy atom. The summed E-state index contributed by atoms with van der Waals surface area (Å²) in [5, 5.41) is 13.7. The van der Waals surface area contributed by atoms with Crippen molar-refractivity contribution in [1.82, 2.24) is 10.2 Å². The van der Waals surface area contributed by atoms with E-state index in [1.165, 1.54) is 24.3 Å². The molecule has 0 bridgehead atoms. The number of terminal acetylenes is 1. The molecule has 126 valence electrons. The van der Waals surface area contributed by atoms with Crippen LogP contribution in [0.4, 0.5) is 10.5 Å². The highest BCUT2D eigenvalue weighted by atomic mass is 16.6. The molecule has 0 aliphatic carbocycles.